The van der Waals surface area contributed by atoms with Crippen molar-refractivity contribution in [2.24, 2.45) is 5.73 Å². The van der Waals surface area contributed by atoms with Gasteiger partial charge in [0.25, 0.3) is 0 Å². The van der Waals surface area contributed by atoms with E-state index in [1.807, 2.05) is 0 Å². The second-order valence-corrected chi connectivity index (χ2v) is 3.59. The molecule has 0 aromatic heterocycles. The molecule has 1 aromatic carbocycles. The molecule has 0 spiro atoms. The molecule has 0 radical (unpaired) electrons. The number of alkyl halides is 3. The smallest absolute Gasteiger partial charge is 0.404 e. The zero-order valence-electron chi connectivity index (χ0n) is 9.19. The number of anilines is 1. The Hall–Kier alpha value is -1.51. The molecule has 102 valence electrons. The highest BCUT2D eigenvalue weighted by molar-refractivity contribution is 5.54. The Morgan fingerprint density at radius 3 is 2.39 bits per heavy atom. The third-order valence-electron chi connectivity index (χ3n) is 2.21. The average Bonchev–Trinajstić information content (AvgIpc) is 2.28. The van der Waals surface area contributed by atoms with E-state index in [1.165, 1.54) is 6.07 Å². The van der Waals surface area contributed by atoms with Crippen molar-refractivity contribution in [2.45, 2.75) is 18.6 Å². The fourth-order valence-corrected chi connectivity index (χ4v) is 1.30. The van der Waals surface area contributed by atoms with Crippen LogP contribution < -0.4 is 16.2 Å². The first kappa shape index (κ1) is 14.6. The van der Waals surface area contributed by atoms with E-state index in [2.05, 4.69) is 4.74 Å². The van der Waals surface area contributed by atoms with Crippen molar-refractivity contribution in [1.29, 1.82) is 0 Å². The van der Waals surface area contributed by atoms with Gasteiger partial charge in [0.1, 0.15) is 6.10 Å². The van der Waals surface area contributed by atoms with Crippen LogP contribution in [0.25, 0.3) is 0 Å². The van der Waals surface area contributed by atoms with Crippen LogP contribution in [0.1, 0.15) is 11.7 Å². The van der Waals surface area contributed by atoms with Crippen molar-refractivity contribution >= 4 is 5.69 Å². The molecule has 0 fully saturated rings. The number of aliphatic hydroxyl groups excluding tert-OH is 2. The lowest BCUT2D eigenvalue weighted by Gasteiger charge is -2.18. The highest BCUT2D eigenvalue weighted by atomic mass is 19.4. The molecule has 0 amide bonds. The van der Waals surface area contributed by atoms with E-state index >= 15 is 0 Å². The van der Waals surface area contributed by atoms with Gasteiger partial charge in [-0.3, -0.25) is 0 Å². The fourth-order valence-electron chi connectivity index (χ4n) is 1.30. The van der Waals surface area contributed by atoms with Gasteiger partial charge in [-0.25, -0.2) is 0 Å². The molecule has 2 unspecified atom stereocenters. The van der Waals surface area contributed by atoms with Crippen molar-refractivity contribution < 1.29 is 28.1 Å². The highest BCUT2D eigenvalue weighted by Gasteiger charge is 2.32. The summed E-state index contributed by atoms with van der Waals surface area (Å²) in [6, 6.07) is 3.33. The summed E-state index contributed by atoms with van der Waals surface area (Å²) < 4.78 is 39.9. The van der Waals surface area contributed by atoms with Gasteiger partial charge in [0, 0.05) is 6.54 Å². The summed E-state index contributed by atoms with van der Waals surface area (Å²) in [6.07, 6.45) is -7.58. The first-order valence-electron chi connectivity index (χ1n) is 4.96. The summed E-state index contributed by atoms with van der Waals surface area (Å²) in [5, 5.41) is 18.9. The van der Waals surface area contributed by atoms with Crippen LogP contribution in [-0.4, -0.2) is 29.2 Å². The van der Waals surface area contributed by atoms with Crippen molar-refractivity contribution in [3.8, 4) is 5.75 Å². The van der Waals surface area contributed by atoms with E-state index in [1.54, 1.807) is 0 Å². The van der Waals surface area contributed by atoms with Crippen LogP contribution in [0, 0.1) is 0 Å². The number of rotatable bonds is 4. The third kappa shape index (κ3) is 3.76. The van der Waals surface area contributed by atoms with Gasteiger partial charge in [0.05, 0.1) is 11.8 Å². The lowest BCUT2D eigenvalue weighted by atomic mass is 10.0. The van der Waals surface area contributed by atoms with E-state index in [0.29, 0.717) is 0 Å². The number of hydrogen-bond acceptors (Lipinski definition) is 5. The van der Waals surface area contributed by atoms with E-state index < -0.39 is 24.3 Å². The predicted octanol–water partition coefficient (Wildman–Crippen LogP) is 0.520. The number of nitrogen functional groups attached to an aromatic ring is 1. The summed E-state index contributed by atoms with van der Waals surface area (Å²) in [6.45, 7) is -0.235. The molecule has 6 N–H and O–H groups in total. The highest BCUT2D eigenvalue weighted by Crippen LogP contribution is 2.31. The van der Waals surface area contributed by atoms with Gasteiger partial charge >= 0.3 is 6.36 Å². The predicted molar refractivity (Wildman–Crippen MR) is 57.6 cm³/mol. The van der Waals surface area contributed by atoms with Gasteiger partial charge in [-0.15, -0.1) is 13.2 Å². The summed E-state index contributed by atoms with van der Waals surface area (Å²) in [5.74, 6) is -0.636. The molecule has 18 heavy (non-hydrogen) atoms. The second-order valence-electron chi connectivity index (χ2n) is 3.59. The van der Waals surface area contributed by atoms with Crippen molar-refractivity contribution in [3.05, 3.63) is 23.8 Å². The van der Waals surface area contributed by atoms with E-state index in [0.717, 1.165) is 12.1 Å². The standard InChI is InChI=1S/C10H13F3N2O3/c11-10(12,13)18-8-3-5(1-2-6(8)15)9(17)7(16)4-14/h1-3,7,9,16-17H,4,14-15H2. The maximum absolute atomic E-state index is 12.1. The lowest BCUT2D eigenvalue weighted by Crippen LogP contribution is -2.27. The minimum atomic E-state index is -4.88. The SMILES string of the molecule is NCC(O)C(O)c1ccc(N)c(OC(F)(F)F)c1. The number of ether oxygens (including phenoxy) is 1. The van der Waals surface area contributed by atoms with Gasteiger partial charge in [-0.05, 0) is 17.7 Å². The number of aliphatic hydroxyl groups is 2. The Bertz CT molecular complexity index is 412. The second kappa shape index (κ2) is 5.42. The molecule has 0 aliphatic rings. The van der Waals surface area contributed by atoms with Gasteiger partial charge in [-0.2, -0.15) is 0 Å². The molecule has 1 rings (SSSR count). The third-order valence-corrected chi connectivity index (χ3v) is 2.21. The van der Waals surface area contributed by atoms with Crippen LogP contribution in [0.3, 0.4) is 0 Å². The minimum Gasteiger partial charge on any atom is -0.404 e. The largest absolute Gasteiger partial charge is 0.573 e. The van der Waals surface area contributed by atoms with Gasteiger partial charge in [0.15, 0.2) is 5.75 Å². The number of nitrogens with two attached hydrogens (primary N) is 2. The molecule has 8 heteroatoms. The van der Waals surface area contributed by atoms with Crippen LogP contribution in [0.15, 0.2) is 18.2 Å². The average molecular weight is 266 g/mol. The van der Waals surface area contributed by atoms with E-state index in [-0.39, 0.29) is 17.8 Å². The summed E-state index contributed by atoms with van der Waals surface area (Å²) in [5.41, 5.74) is 10.2. The molecule has 5 nitrogen and oxygen atoms in total. The first-order valence-corrected chi connectivity index (χ1v) is 4.96. The molecule has 0 heterocycles. The van der Waals surface area contributed by atoms with Gasteiger partial charge in [-0.1, -0.05) is 6.07 Å². The maximum atomic E-state index is 12.1. The normalized spacial score (nSPS) is 15.2. The summed E-state index contributed by atoms with van der Waals surface area (Å²) in [7, 11) is 0. The van der Waals surface area contributed by atoms with Crippen LogP contribution in [0.4, 0.5) is 18.9 Å². The molecule has 0 bridgehead atoms. The van der Waals surface area contributed by atoms with E-state index in [4.69, 9.17) is 11.5 Å². The van der Waals surface area contributed by atoms with Crippen molar-refractivity contribution in [1.82, 2.24) is 0 Å². The molecular formula is C10H13F3N2O3. The Morgan fingerprint density at radius 1 is 1.28 bits per heavy atom. The topological polar surface area (TPSA) is 102 Å². The molecular weight excluding hydrogens is 253 g/mol. The molecule has 0 saturated carbocycles. The minimum absolute atomic E-state index is 0.0291. The first-order chi connectivity index (χ1) is 8.24. The Morgan fingerprint density at radius 2 is 1.89 bits per heavy atom. The fraction of sp³-hybridized carbons (Fsp3) is 0.400. The number of hydrogen-bond donors (Lipinski definition) is 4. The molecule has 0 aliphatic carbocycles. The van der Waals surface area contributed by atoms with Crippen molar-refractivity contribution in [2.75, 3.05) is 12.3 Å². The van der Waals surface area contributed by atoms with E-state index in [9.17, 15) is 23.4 Å². The van der Waals surface area contributed by atoms with Crippen molar-refractivity contribution in [3.63, 3.8) is 0 Å². The monoisotopic (exact) mass is 266 g/mol. The Kier molecular flexibility index (Phi) is 4.38. The van der Waals surface area contributed by atoms with Crippen LogP contribution in [0.2, 0.25) is 0 Å². The Balaban J connectivity index is 3.00. The van der Waals surface area contributed by atoms with Crippen LogP contribution in [-0.2, 0) is 0 Å². The summed E-state index contributed by atoms with van der Waals surface area (Å²) in [4.78, 5) is 0. The molecule has 2 atom stereocenters. The molecule has 1 aromatic rings. The quantitative estimate of drug-likeness (QED) is 0.595. The summed E-state index contributed by atoms with van der Waals surface area (Å²) >= 11 is 0. The zero-order valence-corrected chi connectivity index (χ0v) is 9.19. The maximum Gasteiger partial charge on any atom is 0.573 e. The van der Waals surface area contributed by atoms with Crippen LogP contribution >= 0.6 is 0 Å². The van der Waals surface area contributed by atoms with Gasteiger partial charge in [0.2, 0.25) is 0 Å². The zero-order chi connectivity index (χ0) is 13.9. The Labute approximate surface area is 101 Å². The lowest BCUT2D eigenvalue weighted by molar-refractivity contribution is -0.274. The van der Waals surface area contributed by atoms with Crippen LogP contribution in [0.5, 0.6) is 5.75 Å². The molecule has 0 aliphatic heterocycles. The van der Waals surface area contributed by atoms with Gasteiger partial charge < -0.3 is 26.4 Å². The number of halogens is 3. The molecule has 0 saturated heterocycles. The number of benzene rings is 1.